The van der Waals surface area contributed by atoms with Crippen LogP contribution in [0.1, 0.15) is 11.1 Å². The quantitative estimate of drug-likeness (QED) is 0.767. The van der Waals surface area contributed by atoms with Gasteiger partial charge in [0.25, 0.3) is 0 Å². The molecule has 3 heteroatoms. The van der Waals surface area contributed by atoms with Gasteiger partial charge in [0.1, 0.15) is 11.7 Å². The highest BCUT2D eigenvalue weighted by molar-refractivity contribution is 5.70. The fourth-order valence-corrected chi connectivity index (χ4v) is 3.04. The van der Waals surface area contributed by atoms with Gasteiger partial charge >= 0.3 is 0 Å². The van der Waals surface area contributed by atoms with Crippen LogP contribution in [0.4, 0.5) is 0 Å². The van der Waals surface area contributed by atoms with Gasteiger partial charge in [-0.15, -0.1) is 0 Å². The van der Waals surface area contributed by atoms with E-state index in [2.05, 4.69) is 49.4 Å². The summed E-state index contributed by atoms with van der Waals surface area (Å²) in [4.78, 5) is 0. The minimum Gasteiger partial charge on any atom is -0.375 e. The Kier molecular flexibility index (Phi) is 3.49. The molecule has 0 bridgehead atoms. The van der Waals surface area contributed by atoms with E-state index in [1.807, 2.05) is 6.07 Å². The van der Waals surface area contributed by atoms with E-state index in [0.29, 0.717) is 19.3 Å². The summed E-state index contributed by atoms with van der Waals surface area (Å²) < 4.78 is 16.9. The Balaban J connectivity index is 1.65. The van der Waals surface area contributed by atoms with E-state index in [0.717, 1.165) is 13.2 Å². The zero-order valence-electron chi connectivity index (χ0n) is 12.7. The Hall–Kier alpha value is -1.68. The molecule has 0 N–H and O–H groups in total. The van der Waals surface area contributed by atoms with E-state index >= 15 is 0 Å². The van der Waals surface area contributed by atoms with Crippen LogP contribution < -0.4 is 0 Å². The molecule has 2 aliphatic rings. The lowest BCUT2D eigenvalue weighted by molar-refractivity contribution is 0.0671. The summed E-state index contributed by atoms with van der Waals surface area (Å²) in [7, 11) is 0. The van der Waals surface area contributed by atoms with Crippen molar-refractivity contribution in [3.63, 3.8) is 0 Å². The molecule has 0 spiro atoms. The smallest absolute Gasteiger partial charge is 0.141 e. The Morgan fingerprint density at radius 2 is 1.91 bits per heavy atom. The van der Waals surface area contributed by atoms with Gasteiger partial charge in [0.15, 0.2) is 0 Å². The van der Waals surface area contributed by atoms with E-state index in [1.54, 1.807) is 0 Å². The first-order valence-electron chi connectivity index (χ1n) is 7.77. The Labute approximate surface area is 130 Å². The number of aryl methyl sites for hydroxylation is 1. The van der Waals surface area contributed by atoms with Crippen LogP contribution in [0, 0.1) is 6.92 Å². The van der Waals surface area contributed by atoms with Crippen molar-refractivity contribution in [2.75, 3.05) is 26.4 Å². The molecular weight excluding hydrogens is 276 g/mol. The van der Waals surface area contributed by atoms with Gasteiger partial charge < -0.3 is 14.2 Å². The van der Waals surface area contributed by atoms with Crippen LogP contribution in [-0.2, 0) is 19.8 Å². The number of benzene rings is 2. The van der Waals surface area contributed by atoms with E-state index in [4.69, 9.17) is 14.2 Å². The molecule has 0 amide bonds. The van der Waals surface area contributed by atoms with Gasteiger partial charge in [-0.3, -0.25) is 0 Å². The lowest BCUT2D eigenvalue weighted by Gasteiger charge is -2.19. The lowest BCUT2D eigenvalue weighted by atomic mass is 9.87. The normalized spacial score (nSPS) is 26.0. The highest BCUT2D eigenvalue weighted by Gasteiger charge is 2.49. The third kappa shape index (κ3) is 2.68. The number of ether oxygens (including phenoxy) is 3. The molecule has 3 nitrogen and oxygen atoms in total. The molecule has 2 unspecified atom stereocenters. The SMILES string of the molecule is Cc1cccc(-c2ccccc2)c1C1(COCC2CO2)CO1. The summed E-state index contributed by atoms with van der Waals surface area (Å²) in [6, 6.07) is 16.9. The van der Waals surface area contributed by atoms with E-state index in [1.165, 1.54) is 22.3 Å². The Bertz CT molecular complexity index is 658. The van der Waals surface area contributed by atoms with Crippen molar-refractivity contribution >= 4 is 0 Å². The van der Waals surface area contributed by atoms with Crippen molar-refractivity contribution in [3.8, 4) is 11.1 Å². The molecule has 114 valence electrons. The fourth-order valence-electron chi connectivity index (χ4n) is 3.04. The molecule has 2 fully saturated rings. The third-order valence-corrected chi connectivity index (χ3v) is 4.35. The molecule has 2 aromatic rings. The van der Waals surface area contributed by atoms with Crippen LogP contribution in [0.2, 0.25) is 0 Å². The summed E-state index contributed by atoms with van der Waals surface area (Å²) in [5.41, 5.74) is 4.69. The van der Waals surface area contributed by atoms with Crippen molar-refractivity contribution in [2.24, 2.45) is 0 Å². The minimum atomic E-state index is -0.286. The maximum atomic E-state index is 5.86. The largest absolute Gasteiger partial charge is 0.375 e. The van der Waals surface area contributed by atoms with Crippen LogP contribution in [-0.4, -0.2) is 32.5 Å². The molecule has 0 saturated carbocycles. The molecule has 2 atom stereocenters. The molecule has 22 heavy (non-hydrogen) atoms. The van der Waals surface area contributed by atoms with Crippen LogP contribution in [0.15, 0.2) is 48.5 Å². The first-order chi connectivity index (χ1) is 10.8. The second-order valence-corrected chi connectivity index (χ2v) is 6.12. The second-order valence-electron chi connectivity index (χ2n) is 6.12. The fraction of sp³-hybridized carbons (Fsp3) is 0.368. The lowest BCUT2D eigenvalue weighted by Crippen LogP contribution is -2.21. The summed E-state index contributed by atoms with van der Waals surface area (Å²) in [6.07, 6.45) is 0.293. The zero-order valence-corrected chi connectivity index (χ0v) is 12.7. The third-order valence-electron chi connectivity index (χ3n) is 4.35. The van der Waals surface area contributed by atoms with E-state index in [9.17, 15) is 0 Å². The Morgan fingerprint density at radius 1 is 1.14 bits per heavy atom. The topological polar surface area (TPSA) is 34.3 Å². The highest BCUT2D eigenvalue weighted by atomic mass is 16.6. The molecule has 2 aliphatic heterocycles. The molecule has 0 radical (unpaired) electrons. The van der Waals surface area contributed by atoms with Crippen LogP contribution >= 0.6 is 0 Å². The van der Waals surface area contributed by atoms with Crippen LogP contribution in [0.25, 0.3) is 11.1 Å². The molecule has 2 heterocycles. The minimum absolute atomic E-state index is 0.286. The van der Waals surface area contributed by atoms with Crippen molar-refractivity contribution in [1.82, 2.24) is 0 Å². The average molecular weight is 296 g/mol. The van der Waals surface area contributed by atoms with Gasteiger partial charge in [-0.1, -0.05) is 48.5 Å². The summed E-state index contributed by atoms with van der Waals surface area (Å²) in [6.45, 7) is 4.96. The predicted molar refractivity (Wildman–Crippen MR) is 84.8 cm³/mol. The number of hydrogen-bond donors (Lipinski definition) is 0. The summed E-state index contributed by atoms with van der Waals surface area (Å²) in [5, 5.41) is 0. The summed E-state index contributed by atoms with van der Waals surface area (Å²) in [5.74, 6) is 0. The van der Waals surface area contributed by atoms with Crippen molar-refractivity contribution in [3.05, 3.63) is 59.7 Å². The number of rotatable bonds is 6. The van der Waals surface area contributed by atoms with Crippen molar-refractivity contribution in [1.29, 1.82) is 0 Å². The second kappa shape index (κ2) is 5.51. The van der Waals surface area contributed by atoms with Crippen molar-refractivity contribution in [2.45, 2.75) is 18.6 Å². The van der Waals surface area contributed by atoms with Crippen LogP contribution in [0.3, 0.4) is 0 Å². The standard InChI is InChI=1S/C19H20O3/c1-14-6-5-9-17(15-7-3-2-4-8-15)18(14)19(13-22-19)12-20-10-16-11-21-16/h2-9,16H,10-13H2,1H3. The van der Waals surface area contributed by atoms with Gasteiger partial charge in [-0.25, -0.2) is 0 Å². The van der Waals surface area contributed by atoms with E-state index < -0.39 is 0 Å². The van der Waals surface area contributed by atoms with Gasteiger partial charge in [-0.05, 0) is 29.2 Å². The Morgan fingerprint density at radius 3 is 2.59 bits per heavy atom. The first kappa shape index (κ1) is 13.9. The van der Waals surface area contributed by atoms with Crippen LogP contribution in [0.5, 0.6) is 0 Å². The predicted octanol–water partition coefficient (Wildman–Crippen LogP) is 3.30. The average Bonchev–Trinajstić information content (AvgIpc) is 3.45. The van der Waals surface area contributed by atoms with Gasteiger partial charge in [-0.2, -0.15) is 0 Å². The van der Waals surface area contributed by atoms with E-state index in [-0.39, 0.29) is 5.60 Å². The molecule has 2 saturated heterocycles. The zero-order chi connectivity index (χ0) is 15.0. The summed E-state index contributed by atoms with van der Waals surface area (Å²) >= 11 is 0. The number of epoxide rings is 2. The first-order valence-corrected chi connectivity index (χ1v) is 7.77. The molecule has 0 aliphatic carbocycles. The maximum absolute atomic E-state index is 5.86. The van der Waals surface area contributed by atoms with Gasteiger partial charge in [0, 0.05) is 0 Å². The monoisotopic (exact) mass is 296 g/mol. The van der Waals surface area contributed by atoms with Gasteiger partial charge in [0.05, 0.1) is 26.4 Å². The van der Waals surface area contributed by atoms with Crippen molar-refractivity contribution < 1.29 is 14.2 Å². The maximum Gasteiger partial charge on any atom is 0.141 e. The molecule has 4 rings (SSSR count). The molecule has 2 aromatic carbocycles. The number of hydrogen-bond acceptors (Lipinski definition) is 3. The van der Waals surface area contributed by atoms with Gasteiger partial charge in [0.2, 0.25) is 0 Å². The highest BCUT2D eigenvalue weighted by Crippen LogP contribution is 2.45. The molecule has 0 aromatic heterocycles. The molecular formula is C19H20O3.